The molecule has 0 aliphatic carbocycles. The third-order valence-electron chi connectivity index (χ3n) is 4.38. The first-order chi connectivity index (χ1) is 14.0. The van der Waals surface area contributed by atoms with Gasteiger partial charge in [0.15, 0.2) is 0 Å². The van der Waals surface area contributed by atoms with Gasteiger partial charge in [0.05, 0.1) is 18.0 Å². The van der Waals surface area contributed by atoms with E-state index in [1.165, 1.54) is 31.2 Å². The number of amides is 2. The van der Waals surface area contributed by atoms with Crippen molar-refractivity contribution in [1.29, 1.82) is 5.26 Å². The number of methoxy groups -OCH3 is 1. The summed E-state index contributed by atoms with van der Waals surface area (Å²) in [6.07, 6.45) is 0.334. The lowest BCUT2D eigenvalue weighted by atomic mass is 10.1. The summed E-state index contributed by atoms with van der Waals surface area (Å²) in [5, 5.41) is 11.7. The van der Waals surface area contributed by atoms with E-state index in [0.717, 1.165) is 17.3 Å². The van der Waals surface area contributed by atoms with Crippen LogP contribution in [0.2, 0.25) is 0 Å². The summed E-state index contributed by atoms with van der Waals surface area (Å²) in [5.74, 6) is -0.651. The van der Waals surface area contributed by atoms with Gasteiger partial charge in [0.25, 0.3) is 5.91 Å². The van der Waals surface area contributed by atoms with Gasteiger partial charge in [-0.15, -0.1) is 0 Å². The maximum atomic E-state index is 13.2. The zero-order valence-electron chi connectivity index (χ0n) is 15.8. The second-order valence-corrected chi connectivity index (χ2v) is 7.37. The first-order valence-corrected chi connectivity index (χ1v) is 9.62. The molecule has 1 aliphatic heterocycles. The molecule has 0 saturated carbocycles. The molecule has 1 heterocycles. The Hall–Kier alpha value is -3.31. The molecule has 2 amide bonds. The van der Waals surface area contributed by atoms with Crippen LogP contribution in [-0.2, 0) is 16.0 Å². The van der Waals surface area contributed by atoms with Gasteiger partial charge in [0.2, 0.25) is 5.91 Å². The highest BCUT2D eigenvalue weighted by Gasteiger charge is 2.40. The number of benzene rings is 2. The molecule has 29 heavy (non-hydrogen) atoms. The minimum Gasteiger partial charge on any atom is -0.497 e. The van der Waals surface area contributed by atoms with E-state index in [1.54, 1.807) is 36.4 Å². The van der Waals surface area contributed by atoms with Crippen LogP contribution < -0.4 is 15.0 Å². The van der Waals surface area contributed by atoms with E-state index < -0.39 is 11.2 Å². The minimum absolute atomic E-state index is 0.143. The Labute approximate surface area is 172 Å². The van der Waals surface area contributed by atoms with Crippen LogP contribution in [0.1, 0.15) is 5.56 Å². The maximum Gasteiger partial charge on any atom is 0.264 e. The number of hydrogen-bond donors (Lipinski definition) is 1. The fourth-order valence-electron chi connectivity index (χ4n) is 2.93. The zero-order valence-corrected chi connectivity index (χ0v) is 16.6. The second kappa shape index (κ2) is 8.80. The minimum atomic E-state index is -0.571. The van der Waals surface area contributed by atoms with Crippen molar-refractivity contribution in [3.05, 3.63) is 70.5 Å². The number of thioether (sulfide) groups is 1. The van der Waals surface area contributed by atoms with Crippen LogP contribution in [0, 0.1) is 17.1 Å². The van der Waals surface area contributed by atoms with Gasteiger partial charge in [-0.2, -0.15) is 5.26 Å². The fourth-order valence-corrected chi connectivity index (χ4v) is 4.24. The van der Waals surface area contributed by atoms with Crippen LogP contribution in [-0.4, -0.2) is 31.2 Å². The number of halogens is 1. The van der Waals surface area contributed by atoms with Crippen molar-refractivity contribution in [2.75, 3.05) is 19.1 Å². The molecule has 0 aromatic heterocycles. The zero-order chi connectivity index (χ0) is 21.0. The molecular formula is C21H18FN3O3S. The molecule has 2 aromatic rings. The van der Waals surface area contributed by atoms with Crippen molar-refractivity contribution < 1.29 is 18.7 Å². The van der Waals surface area contributed by atoms with E-state index in [9.17, 15) is 19.2 Å². The van der Waals surface area contributed by atoms with E-state index >= 15 is 0 Å². The van der Waals surface area contributed by atoms with Crippen molar-refractivity contribution in [1.82, 2.24) is 5.32 Å². The molecule has 0 spiro atoms. The molecule has 1 aliphatic rings. The number of anilines is 1. The van der Waals surface area contributed by atoms with Gasteiger partial charge in [0.1, 0.15) is 28.2 Å². The molecule has 1 atom stereocenters. The predicted molar refractivity (Wildman–Crippen MR) is 109 cm³/mol. The topological polar surface area (TPSA) is 82.4 Å². The van der Waals surface area contributed by atoms with E-state index in [1.807, 2.05) is 6.07 Å². The molecule has 8 heteroatoms. The molecule has 6 nitrogen and oxygen atoms in total. The molecular weight excluding hydrogens is 393 g/mol. The number of carbonyl (C=O) groups excluding carboxylic acids is 2. The van der Waals surface area contributed by atoms with Gasteiger partial charge < -0.3 is 10.1 Å². The first kappa shape index (κ1) is 20.4. The lowest BCUT2D eigenvalue weighted by molar-refractivity contribution is -0.117. The van der Waals surface area contributed by atoms with Crippen LogP contribution in [0.4, 0.5) is 10.1 Å². The quantitative estimate of drug-likeness (QED) is 0.604. The van der Waals surface area contributed by atoms with Crippen LogP contribution in [0.3, 0.4) is 0 Å². The highest BCUT2D eigenvalue weighted by Crippen LogP contribution is 2.42. The van der Waals surface area contributed by atoms with Gasteiger partial charge in [0, 0.05) is 13.1 Å². The predicted octanol–water partition coefficient (Wildman–Crippen LogP) is 3.01. The molecule has 1 saturated heterocycles. The second-order valence-electron chi connectivity index (χ2n) is 6.18. The Morgan fingerprint density at radius 3 is 2.66 bits per heavy atom. The smallest absolute Gasteiger partial charge is 0.264 e. The van der Waals surface area contributed by atoms with Gasteiger partial charge >= 0.3 is 0 Å². The van der Waals surface area contributed by atoms with Crippen molar-refractivity contribution in [2.24, 2.45) is 0 Å². The highest BCUT2D eigenvalue weighted by atomic mass is 32.2. The molecule has 1 fully saturated rings. The Kier molecular flexibility index (Phi) is 6.20. The number of ether oxygens (including phenoxy) is 1. The number of likely N-dealkylation sites (N-methyl/N-ethyl adjacent to an activating group) is 1. The van der Waals surface area contributed by atoms with Gasteiger partial charge in [-0.25, -0.2) is 4.39 Å². The largest absolute Gasteiger partial charge is 0.497 e. The molecule has 0 unspecified atom stereocenters. The van der Waals surface area contributed by atoms with Crippen molar-refractivity contribution in [2.45, 2.75) is 11.7 Å². The van der Waals surface area contributed by atoms with Gasteiger partial charge in [-0.1, -0.05) is 30.0 Å². The molecule has 148 valence electrons. The Morgan fingerprint density at radius 2 is 2.03 bits per heavy atom. The Morgan fingerprint density at radius 1 is 1.31 bits per heavy atom. The third-order valence-corrected chi connectivity index (χ3v) is 5.64. The summed E-state index contributed by atoms with van der Waals surface area (Å²) >= 11 is 1.15. The van der Waals surface area contributed by atoms with E-state index in [2.05, 4.69) is 5.32 Å². The molecule has 0 bridgehead atoms. The summed E-state index contributed by atoms with van der Waals surface area (Å²) in [4.78, 5) is 26.8. The van der Waals surface area contributed by atoms with Crippen LogP contribution in [0.25, 0.3) is 0 Å². The van der Waals surface area contributed by atoms with Crippen molar-refractivity contribution in [3.8, 4) is 11.8 Å². The monoisotopic (exact) mass is 411 g/mol. The third kappa shape index (κ3) is 4.25. The Bertz CT molecular complexity index is 1010. The standard InChI is InChI=1S/C21H18FN3O3S/c1-24-19(26)17(12-23)21-25(15-4-3-5-16(11-15)28-2)20(27)18(29-21)10-13-6-8-14(22)9-7-13/h3-9,11,18H,10H2,1-2H3,(H,24,26)/b21-17-/t18-/m1/s1. The number of nitrogens with zero attached hydrogens (tertiary/aromatic N) is 2. The van der Waals surface area contributed by atoms with E-state index in [-0.39, 0.29) is 22.3 Å². The summed E-state index contributed by atoms with van der Waals surface area (Å²) in [5.41, 5.74) is 1.13. The normalized spacial score (nSPS) is 17.7. The van der Waals surface area contributed by atoms with Crippen LogP contribution in [0.5, 0.6) is 5.75 Å². The van der Waals surface area contributed by atoms with Crippen molar-refractivity contribution in [3.63, 3.8) is 0 Å². The number of rotatable bonds is 5. The van der Waals surface area contributed by atoms with E-state index in [4.69, 9.17) is 4.74 Å². The molecule has 3 rings (SSSR count). The average Bonchev–Trinajstić information content (AvgIpc) is 3.05. The Balaban J connectivity index is 2.05. The SMILES string of the molecule is CNC(=O)/C(C#N)=C1\S[C@H](Cc2ccc(F)cc2)C(=O)N1c1cccc(OC)c1. The summed E-state index contributed by atoms with van der Waals surface area (Å²) < 4.78 is 18.4. The lowest BCUT2D eigenvalue weighted by Crippen LogP contribution is -2.31. The van der Waals surface area contributed by atoms with Crippen LogP contribution in [0.15, 0.2) is 59.1 Å². The van der Waals surface area contributed by atoms with E-state index in [0.29, 0.717) is 17.9 Å². The maximum absolute atomic E-state index is 13.2. The summed E-state index contributed by atoms with van der Waals surface area (Å²) in [7, 11) is 2.94. The van der Waals surface area contributed by atoms with Gasteiger partial charge in [-0.3, -0.25) is 14.5 Å². The molecule has 0 radical (unpaired) electrons. The fraction of sp³-hybridized carbons (Fsp3) is 0.190. The number of nitriles is 1. The summed E-state index contributed by atoms with van der Waals surface area (Å²) in [6.45, 7) is 0. The van der Waals surface area contributed by atoms with Crippen LogP contribution >= 0.6 is 11.8 Å². The molecule has 2 aromatic carbocycles. The number of hydrogen-bond acceptors (Lipinski definition) is 5. The lowest BCUT2D eigenvalue weighted by Gasteiger charge is -2.19. The molecule has 1 N–H and O–H groups in total. The number of nitrogens with one attached hydrogen (secondary N) is 1. The summed E-state index contributed by atoms with van der Waals surface area (Å²) in [6, 6.07) is 14.6. The van der Waals surface area contributed by atoms with Gasteiger partial charge in [-0.05, 0) is 36.2 Å². The average molecular weight is 411 g/mol. The first-order valence-electron chi connectivity index (χ1n) is 8.74. The number of carbonyl (C=O) groups is 2. The van der Waals surface area contributed by atoms with Crippen molar-refractivity contribution >= 4 is 29.3 Å². The highest BCUT2D eigenvalue weighted by molar-refractivity contribution is 8.05.